The molecule has 0 spiro atoms. The lowest BCUT2D eigenvalue weighted by Gasteiger charge is -2.10. The number of aromatic nitrogens is 1. The van der Waals surface area contributed by atoms with E-state index in [1.54, 1.807) is 13.0 Å². The van der Waals surface area contributed by atoms with Crippen LogP contribution in [0.3, 0.4) is 0 Å². The van der Waals surface area contributed by atoms with Crippen molar-refractivity contribution in [3.63, 3.8) is 0 Å². The van der Waals surface area contributed by atoms with E-state index in [4.69, 9.17) is 5.11 Å². The second kappa shape index (κ2) is 6.00. The number of hydrogen-bond acceptors (Lipinski definition) is 4. The summed E-state index contributed by atoms with van der Waals surface area (Å²) in [6, 6.07) is 3.09. The van der Waals surface area contributed by atoms with Gasteiger partial charge in [-0.1, -0.05) is 0 Å². The van der Waals surface area contributed by atoms with Gasteiger partial charge in [-0.15, -0.1) is 0 Å². The molecule has 0 saturated carbocycles. The van der Waals surface area contributed by atoms with Crippen LogP contribution in [0.4, 0.5) is 5.82 Å². The fourth-order valence-electron chi connectivity index (χ4n) is 1.43. The quantitative estimate of drug-likeness (QED) is 0.727. The highest BCUT2D eigenvalue weighted by Gasteiger charge is 2.09. The third-order valence-electron chi connectivity index (χ3n) is 2.20. The molecule has 1 heterocycles. The number of rotatable bonds is 5. The standard InChI is InChI=1S/C12H17N3O3/c1-7(2)14-11(16)6-13-10-5-4-9(12(17)18)8(3)15-10/h4-5,7H,6H2,1-3H3,(H,13,15)(H,14,16)(H,17,18). The monoisotopic (exact) mass is 251 g/mol. The Bertz CT molecular complexity index is 458. The predicted octanol–water partition coefficient (Wildman–Crippen LogP) is 1.02. The van der Waals surface area contributed by atoms with E-state index in [-0.39, 0.29) is 24.1 Å². The van der Waals surface area contributed by atoms with E-state index < -0.39 is 5.97 Å². The molecule has 0 unspecified atom stereocenters. The van der Waals surface area contributed by atoms with Gasteiger partial charge in [-0.3, -0.25) is 4.79 Å². The van der Waals surface area contributed by atoms with Crippen molar-refractivity contribution in [3.05, 3.63) is 23.4 Å². The van der Waals surface area contributed by atoms with Crippen LogP contribution in [0.2, 0.25) is 0 Å². The van der Waals surface area contributed by atoms with Gasteiger partial charge in [0.1, 0.15) is 5.82 Å². The first-order valence-electron chi connectivity index (χ1n) is 5.64. The van der Waals surface area contributed by atoms with E-state index in [0.717, 1.165) is 0 Å². The molecule has 6 heteroatoms. The lowest BCUT2D eigenvalue weighted by atomic mass is 10.2. The van der Waals surface area contributed by atoms with Crippen molar-refractivity contribution in [2.75, 3.05) is 11.9 Å². The van der Waals surface area contributed by atoms with Gasteiger partial charge in [0.2, 0.25) is 5.91 Å². The fraction of sp³-hybridized carbons (Fsp3) is 0.417. The van der Waals surface area contributed by atoms with Gasteiger partial charge in [0.25, 0.3) is 0 Å². The van der Waals surface area contributed by atoms with Crippen molar-refractivity contribution < 1.29 is 14.7 Å². The number of aryl methyl sites for hydroxylation is 1. The molecule has 18 heavy (non-hydrogen) atoms. The zero-order valence-electron chi connectivity index (χ0n) is 10.7. The highest BCUT2D eigenvalue weighted by molar-refractivity contribution is 5.89. The van der Waals surface area contributed by atoms with E-state index in [0.29, 0.717) is 11.5 Å². The third kappa shape index (κ3) is 4.04. The van der Waals surface area contributed by atoms with Crippen molar-refractivity contribution in [2.24, 2.45) is 0 Å². The van der Waals surface area contributed by atoms with Crippen molar-refractivity contribution in [1.82, 2.24) is 10.3 Å². The minimum Gasteiger partial charge on any atom is -0.478 e. The maximum atomic E-state index is 11.4. The first-order valence-corrected chi connectivity index (χ1v) is 5.64. The number of carboxylic acid groups (broad SMARTS) is 1. The zero-order chi connectivity index (χ0) is 13.7. The van der Waals surface area contributed by atoms with Crippen LogP contribution in [0.25, 0.3) is 0 Å². The van der Waals surface area contributed by atoms with E-state index >= 15 is 0 Å². The molecule has 0 aliphatic carbocycles. The van der Waals surface area contributed by atoms with Crippen LogP contribution in [0.1, 0.15) is 29.9 Å². The SMILES string of the molecule is Cc1nc(NCC(=O)NC(C)C)ccc1C(=O)O. The maximum absolute atomic E-state index is 11.4. The number of anilines is 1. The van der Waals surface area contributed by atoms with Gasteiger partial charge in [0.05, 0.1) is 17.8 Å². The Labute approximate surface area is 105 Å². The molecule has 3 N–H and O–H groups in total. The van der Waals surface area contributed by atoms with Gasteiger partial charge in [-0.05, 0) is 32.9 Å². The normalized spacial score (nSPS) is 10.2. The van der Waals surface area contributed by atoms with E-state index in [9.17, 15) is 9.59 Å². The average Bonchev–Trinajstić information content (AvgIpc) is 2.25. The van der Waals surface area contributed by atoms with Gasteiger partial charge in [-0.2, -0.15) is 0 Å². The van der Waals surface area contributed by atoms with E-state index in [1.807, 2.05) is 13.8 Å². The van der Waals surface area contributed by atoms with Gasteiger partial charge in [0.15, 0.2) is 0 Å². The zero-order valence-corrected chi connectivity index (χ0v) is 10.7. The third-order valence-corrected chi connectivity index (χ3v) is 2.20. The largest absolute Gasteiger partial charge is 0.478 e. The first-order chi connectivity index (χ1) is 8.40. The number of aromatic carboxylic acids is 1. The fourth-order valence-corrected chi connectivity index (χ4v) is 1.43. The molecule has 0 aliphatic heterocycles. The molecule has 1 amide bonds. The molecular weight excluding hydrogens is 234 g/mol. The van der Waals surface area contributed by atoms with Crippen LogP contribution in [0.5, 0.6) is 0 Å². The Hall–Kier alpha value is -2.11. The van der Waals surface area contributed by atoms with Gasteiger partial charge >= 0.3 is 5.97 Å². The van der Waals surface area contributed by atoms with Crippen molar-refractivity contribution in [3.8, 4) is 0 Å². The molecule has 1 aromatic heterocycles. The number of pyridine rings is 1. The van der Waals surface area contributed by atoms with E-state index in [1.165, 1.54) is 6.07 Å². The number of hydrogen-bond donors (Lipinski definition) is 3. The highest BCUT2D eigenvalue weighted by atomic mass is 16.4. The predicted molar refractivity (Wildman–Crippen MR) is 67.7 cm³/mol. The summed E-state index contributed by atoms with van der Waals surface area (Å²) in [4.78, 5) is 26.3. The molecule has 98 valence electrons. The topological polar surface area (TPSA) is 91.3 Å². The summed E-state index contributed by atoms with van der Waals surface area (Å²) < 4.78 is 0. The summed E-state index contributed by atoms with van der Waals surface area (Å²) in [5, 5.41) is 14.4. The Morgan fingerprint density at radius 1 is 1.39 bits per heavy atom. The lowest BCUT2D eigenvalue weighted by molar-refractivity contribution is -0.119. The van der Waals surface area contributed by atoms with Crippen LogP contribution in [0, 0.1) is 6.92 Å². The summed E-state index contributed by atoms with van der Waals surface area (Å²) >= 11 is 0. The Kier molecular flexibility index (Phi) is 4.65. The number of amides is 1. The Balaban J connectivity index is 2.61. The number of nitrogens with zero attached hydrogens (tertiary/aromatic N) is 1. The number of carbonyl (C=O) groups is 2. The number of nitrogens with one attached hydrogen (secondary N) is 2. The summed E-state index contributed by atoms with van der Waals surface area (Å²) in [6.07, 6.45) is 0. The van der Waals surface area contributed by atoms with Crippen LogP contribution >= 0.6 is 0 Å². The number of carboxylic acids is 1. The Morgan fingerprint density at radius 2 is 2.06 bits per heavy atom. The van der Waals surface area contributed by atoms with Crippen LogP contribution in [-0.2, 0) is 4.79 Å². The second-order valence-electron chi connectivity index (χ2n) is 4.21. The van der Waals surface area contributed by atoms with Crippen LogP contribution in [0.15, 0.2) is 12.1 Å². The lowest BCUT2D eigenvalue weighted by Crippen LogP contribution is -2.35. The molecule has 0 bridgehead atoms. The minimum absolute atomic E-state index is 0.0865. The maximum Gasteiger partial charge on any atom is 0.337 e. The van der Waals surface area contributed by atoms with Crippen molar-refractivity contribution >= 4 is 17.7 Å². The smallest absolute Gasteiger partial charge is 0.337 e. The van der Waals surface area contributed by atoms with E-state index in [2.05, 4.69) is 15.6 Å². The summed E-state index contributed by atoms with van der Waals surface area (Å²) in [6.45, 7) is 5.48. The Morgan fingerprint density at radius 3 is 2.56 bits per heavy atom. The van der Waals surface area contributed by atoms with Crippen LogP contribution < -0.4 is 10.6 Å². The van der Waals surface area contributed by atoms with Gasteiger partial charge in [-0.25, -0.2) is 9.78 Å². The minimum atomic E-state index is -1.01. The molecule has 6 nitrogen and oxygen atoms in total. The summed E-state index contributed by atoms with van der Waals surface area (Å²) in [7, 11) is 0. The second-order valence-corrected chi connectivity index (χ2v) is 4.21. The number of carbonyl (C=O) groups excluding carboxylic acids is 1. The molecule has 0 radical (unpaired) electrons. The molecule has 1 aromatic rings. The molecule has 0 saturated heterocycles. The molecule has 0 aliphatic rings. The molecule has 0 fully saturated rings. The van der Waals surface area contributed by atoms with Gasteiger partial charge in [0, 0.05) is 6.04 Å². The molecule has 0 atom stereocenters. The van der Waals surface area contributed by atoms with Crippen LogP contribution in [-0.4, -0.2) is 34.6 Å². The summed E-state index contributed by atoms with van der Waals surface area (Å²) in [5.74, 6) is -0.660. The first kappa shape index (κ1) is 14.0. The molecular formula is C12H17N3O3. The molecule has 0 aromatic carbocycles. The summed E-state index contributed by atoms with van der Waals surface area (Å²) in [5.41, 5.74) is 0.573. The molecule has 1 rings (SSSR count). The highest BCUT2D eigenvalue weighted by Crippen LogP contribution is 2.10. The van der Waals surface area contributed by atoms with Gasteiger partial charge < -0.3 is 15.7 Å². The average molecular weight is 251 g/mol. The van der Waals surface area contributed by atoms with Crippen molar-refractivity contribution in [2.45, 2.75) is 26.8 Å². The van der Waals surface area contributed by atoms with Crippen molar-refractivity contribution in [1.29, 1.82) is 0 Å².